The molecule has 0 bridgehead atoms. The summed E-state index contributed by atoms with van der Waals surface area (Å²) in [5.74, 6) is -1.07. The third-order valence-electron chi connectivity index (χ3n) is 2.42. The first-order chi connectivity index (χ1) is 7.44. The molecule has 1 N–H and O–H groups in total. The minimum Gasteiger partial charge on any atom is -0.476 e. The molecular formula is C10H17N3O3. The molecule has 0 spiro atoms. The van der Waals surface area contributed by atoms with Gasteiger partial charge in [0.2, 0.25) is 0 Å². The molecule has 1 rings (SSSR count). The molecule has 0 aliphatic carbocycles. The smallest absolute Gasteiger partial charge is 0.358 e. The molecule has 0 amide bonds. The van der Waals surface area contributed by atoms with Crippen molar-refractivity contribution >= 4 is 5.97 Å². The fourth-order valence-electron chi connectivity index (χ4n) is 1.02. The summed E-state index contributed by atoms with van der Waals surface area (Å²) >= 11 is 0. The monoisotopic (exact) mass is 227 g/mol. The molecule has 0 unspecified atom stereocenters. The molecular weight excluding hydrogens is 210 g/mol. The summed E-state index contributed by atoms with van der Waals surface area (Å²) in [5, 5.41) is 15.8. The first-order valence-corrected chi connectivity index (χ1v) is 5.22. The second-order valence-corrected chi connectivity index (χ2v) is 4.13. The summed E-state index contributed by atoms with van der Waals surface area (Å²) in [5.41, 5.74) is -0.203. The number of hydrogen-bond acceptors (Lipinski definition) is 4. The molecule has 1 aromatic rings. The number of carboxylic acids is 1. The van der Waals surface area contributed by atoms with Crippen molar-refractivity contribution in [1.29, 1.82) is 0 Å². The van der Waals surface area contributed by atoms with Crippen LogP contribution in [0.25, 0.3) is 0 Å². The predicted molar refractivity (Wildman–Crippen MR) is 57.3 cm³/mol. The standard InChI is InChI=1S/C10H17N3O3/c1-4-10(2,3)16-6-5-13-7-8(9(14)15)11-12-13/h7H,4-6H2,1-3H3,(H,14,15). The van der Waals surface area contributed by atoms with Crippen molar-refractivity contribution in [2.75, 3.05) is 6.61 Å². The van der Waals surface area contributed by atoms with Crippen molar-refractivity contribution in [3.8, 4) is 0 Å². The summed E-state index contributed by atoms with van der Waals surface area (Å²) in [4.78, 5) is 10.5. The van der Waals surface area contributed by atoms with E-state index in [1.54, 1.807) is 0 Å². The number of carbonyl (C=O) groups is 1. The summed E-state index contributed by atoms with van der Waals surface area (Å²) in [6, 6.07) is 0. The lowest BCUT2D eigenvalue weighted by atomic mass is 10.1. The van der Waals surface area contributed by atoms with Crippen LogP contribution in [0, 0.1) is 0 Å². The number of rotatable bonds is 6. The number of aromatic nitrogens is 3. The fraction of sp³-hybridized carbons (Fsp3) is 0.700. The van der Waals surface area contributed by atoms with Gasteiger partial charge in [-0.25, -0.2) is 9.48 Å². The average Bonchev–Trinajstić information content (AvgIpc) is 2.66. The van der Waals surface area contributed by atoms with E-state index in [-0.39, 0.29) is 11.3 Å². The summed E-state index contributed by atoms with van der Waals surface area (Å²) in [7, 11) is 0. The lowest BCUT2D eigenvalue weighted by molar-refractivity contribution is -0.0246. The van der Waals surface area contributed by atoms with Crippen LogP contribution in [-0.4, -0.2) is 38.3 Å². The maximum Gasteiger partial charge on any atom is 0.358 e. The van der Waals surface area contributed by atoms with E-state index in [2.05, 4.69) is 17.2 Å². The molecule has 90 valence electrons. The highest BCUT2D eigenvalue weighted by Gasteiger charge is 2.15. The molecule has 0 aliphatic heterocycles. The van der Waals surface area contributed by atoms with Crippen LogP contribution in [0.2, 0.25) is 0 Å². The SMILES string of the molecule is CCC(C)(C)OCCn1cc(C(=O)O)nn1. The Bertz CT molecular complexity index is 360. The van der Waals surface area contributed by atoms with Crippen LogP contribution in [-0.2, 0) is 11.3 Å². The molecule has 0 aliphatic rings. The quantitative estimate of drug-likeness (QED) is 0.789. The molecule has 1 aromatic heterocycles. The van der Waals surface area contributed by atoms with Gasteiger partial charge in [-0.2, -0.15) is 0 Å². The van der Waals surface area contributed by atoms with Crippen molar-refractivity contribution < 1.29 is 14.6 Å². The first kappa shape index (κ1) is 12.6. The van der Waals surface area contributed by atoms with Crippen LogP contribution in [0.15, 0.2) is 6.20 Å². The maximum atomic E-state index is 10.5. The van der Waals surface area contributed by atoms with Gasteiger partial charge in [-0.05, 0) is 20.3 Å². The Morgan fingerprint density at radius 1 is 1.62 bits per heavy atom. The molecule has 0 atom stereocenters. The summed E-state index contributed by atoms with van der Waals surface area (Å²) in [6.45, 7) is 7.07. The fourth-order valence-corrected chi connectivity index (χ4v) is 1.02. The Hall–Kier alpha value is -1.43. The Labute approximate surface area is 94.2 Å². The molecule has 6 heteroatoms. The van der Waals surface area contributed by atoms with Crippen molar-refractivity contribution in [1.82, 2.24) is 15.0 Å². The third-order valence-corrected chi connectivity index (χ3v) is 2.42. The number of nitrogens with zero attached hydrogens (tertiary/aromatic N) is 3. The lowest BCUT2D eigenvalue weighted by Crippen LogP contribution is -2.25. The van der Waals surface area contributed by atoms with Gasteiger partial charge >= 0.3 is 5.97 Å². The van der Waals surface area contributed by atoms with Gasteiger partial charge in [-0.15, -0.1) is 5.10 Å². The number of ether oxygens (including phenoxy) is 1. The topological polar surface area (TPSA) is 77.2 Å². The number of carboxylic acid groups (broad SMARTS) is 1. The minimum absolute atomic E-state index is 0.0465. The van der Waals surface area contributed by atoms with E-state index >= 15 is 0 Å². The zero-order valence-electron chi connectivity index (χ0n) is 9.80. The van der Waals surface area contributed by atoms with E-state index in [4.69, 9.17) is 9.84 Å². The second kappa shape index (κ2) is 5.07. The third kappa shape index (κ3) is 3.62. The van der Waals surface area contributed by atoms with Gasteiger partial charge in [0.25, 0.3) is 0 Å². The molecule has 0 fully saturated rings. The van der Waals surface area contributed by atoms with E-state index in [9.17, 15) is 4.79 Å². The van der Waals surface area contributed by atoms with E-state index < -0.39 is 5.97 Å². The lowest BCUT2D eigenvalue weighted by Gasteiger charge is -2.23. The van der Waals surface area contributed by atoms with E-state index in [1.165, 1.54) is 10.9 Å². The summed E-state index contributed by atoms with van der Waals surface area (Å²) < 4.78 is 7.08. The zero-order chi connectivity index (χ0) is 12.2. The molecule has 0 radical (unpaired) electrons. The van der Waals surface area contributed by atoms with Gasteiger partial charge in [0.05, 0.1) is 24.9 Å². The second-order valence-electron chi connectivity index (χ2n) is 4.13. The van der Waals surface area contributed by atoms with Crippen LogP contribution in [0.4, 0.5) is 0 Å². The van der Waals surface area contributed by atoms with E-state index in [1.807, 2.05) is 13.8 Å². The molecule has 16 heavy (non-hydrogen) atoms. The summed E-state index contributed by atoms with van der Waals surface area (Å²) in [6.07, 6.45) is 2.31. The minimum atomic E-state index is -1.07. The van der Waals surface area contributed by atoms with Gasteiger partial charge < -0.3 is 9.84 Å². The highest BCUT2D eigenvalue weighted by atomic mass is 16.5. The Morgan fingerprint density at radius 2 is 2.31 bits per heavy atom. The van der Waals surface area contributed by atoms with Gasteiger partial charge in [-0.1, -0.05) is 12.1 Å². The van der Waals surface area contributed by atoms with Gasteiger partial charge in [0, 0.05) is 0 Å². The van der Waals surface area contributed by atoms with Crippen LogP contribution in [0.1, 0.15) is 37.7 Å². The Balaban J connectivity index is 2.40. The average molecular weight is 227 g/mol. The normalized spacial score (nSPS) is 11.7. The van der Waals surface area contributed by atoms with Crippen molar-refractivity contribution in [2.24, 2.45) is 0 Å². The van der Waals surface area contributed by atoms with E-state index in [0.29, 0.717) is 13.2 Å². The highest BCUT2D eigenvalue weighted by Crippen LogP contribution is 2.12. The van der Waals surface area contributed by atoms with Gasteiger partial charge in [-0.3, -0.25) is 0 Å². The number of hydrogen-bond donors (Lipinski definition) is 1. The Morgan fingerprint density at radius 3 is 2.81 bits per heavy atom. The highest BCUT2D eigenvalue weighted by molar-refractivity contribution is 5.84. The molecule has 6 nitrogen and oxygen atoms in total. The van der Waals surface area contributed by atoms with Crippen molar-refractivity contribution in [3.63, 3.8) is 0 Å². The maximum absolute atomic E-state index is 10.5. The number of aromatic carboxylic acids is 1. The van der Waals surface area contributed by atoms with Crippen LogP contribution >= 0.6 is 0 Å². The van der Waals surface area contributed by atoms with E-state index in [0.717, 1.165) is 6.42 Å². The zero-order valence-corrected chi connectivity index (χ0v) is 9.80. The van der Waals surface area contributed by atoms with Crippen molar-refractivity contribution in [2.45, 2.75) is 39.3 Å². The van der Waals surface area contributed by atoms with Crippen molar-refractivity contribution in [3.05, 3.63) is 11.9 Å². The van der Waals surface area contributed by atoms with Crippen LogP contribution in [0.3, 0.4) is 0 Å². The Kier molecular flexibility index (Phi) is 4.00. The molecule has 0 aromatic carbocycles. The molecule has 1 heterocycles. The van der Waals surface area contributed by atoms with Gasteiger partial charge in [0.1, 0.15) is 0 Å². The van der Waals surface area contributed by atoms with Crippen LogP contribution in [0.5, 0.6) is 0 Å². The van der Waals surface area contributed by atoms with Crippen LogP contribution < -0.4 is 0 Å². The first-order valence-electron chi connectivity index (χ1n) is 5.22. The molecule has 0 saturated heterocycles. The predicted octanol–water partition coefficient (Wildman–Crippen LogP) is 1.18. The largest absolute Gasteiger partial charge is 0.476 e. The van der Waals surface area contributed by atoms with Gasteiger partial charge in [0.15, 0.2) is 5.69 Å². The molecule has 0 saturated carbocycles.